The van der Waals surface area contributed by atoms with Crippen LogP contribution in [0.5, 0.6) is 5.75 Å². The lowest BCUT2D eigenvalue weighted by molar-refractivity contribution is 0.304. The minimum absolute atomic E-state index is 0.0230. The molecular weight excluding hydrogens is 265 g/mol. The Hall–Kier alpha value is -1.92. The van der Waals surface area contributed by atoms with Crippen molar-refractivity contribution in [2.45, 2.75) is 13.5 Å². The zero-order valence-corrected chi connectivity index (χ0v) is 10.8. The Bertz CT molecular complexity index is 597. The minimum Gasteiger partial charge on any atom is -0.489 e. The zero-order chi connectivity index (χ0) is 14.7. The molecule has 2 N–H and O–H groups in total. The quantitative estimate of drug-likeness (QED) is 0.834. The van der Waals surface area contributed by atoms with Crippen LogP contribution in [0.3, 0.4) is 0 Å². The molecule has 0 unspecified atom stereocenters. The normalized spacial score (nSPS) is 10.4. The van der Waals surface area contributed by atoms with Gasteiger partial charge < -0.3 is 14.8 Å². The molecule has 20 heavy (non-hydrogen) atoms. The van der Waals surface area contributed by atoms with E-state index in [1.54, 1.807) is 19.1 Å². The van der Waals surface area contributed by atoms with Crippen molar-refractivity contribution < 1.29 is 23.6 Å². The van der Waals surface area contributed by atoms with Crippen molar-refractivity contribution in [1.29, 1.82) is 0 Å². The lowest BCUT2D eigenvalue weighted by atomic mass is 9.77. The summed E-state index contributed by atoms with van der Waals surface area (Å²) in [6, 6.07) is 7.91. The number of benzene rings is 2. The molecule has 2 aromatic rings. The van der Waals surface area contributed by atoms with E-state index in [4.69, 9.17) is 14.8 Å². The van der Waals surface area contributed by atoms with Gasteiger partial charge in [-0.1, -0.05) is 6.07 Å². The Morgan fingerprint density at radius 2 is 1.70 bits per heavy atom. The van der Waals surface area contributed by atoms with Gasteiger partial charge in [0.05, 0.1) is 0 Å². The molecule has 0 aliphatic carbocycles. The van der Waals surface area contributed by atoms with E-state index in [0.29, 0.717) is 22.3 Å². The average molecular weight is 278 g/mol. The van der Waals surface area contributed by atoms with Crippen molar-refractivity contribution in [3.05, 3.63) is 59.2 Å². The topological polar surface area (TPSA) is 49.7 Å². The fourth-order valence-corrected chi connectivity index (χ4v) is 1.89. The van der Waals surface area contributed by atoms with Gasteiger partial charge in [0.25, 0.3) is 0 Å². The molecule has 0 aromatic heterocycles. The predicted octanol–water partition coefficient (Wildman–Crippen LogP) is 1.53. The number of hydrogen-bond acceptors (Lipinski definition) is 3. The first-order valence-electron chi connectivity index (χ1n) is 6.00. The van der Waals surface area contributed by atoms with Crippen LogP contribution in [0.25, 0.3) is 0 Å². The van der Waals surface area contributed by atoms with Gasteiger partial charge in [-0.2, -0.15) is 0 Å². The Morgan fingerprint density at radius 1 is 1.05 bits per heavy atom. The van der Waals surface area contributed by atoms with E-state index in [1.807, 2.05) is 0 Å². The number of rotatable bonds is 4. The molecule has 3 nitrogen and oxygen atoms in total. The molecule has 2 aromatic carbocycles. The Balaban J connectivity index is 2.09. The van der Waals surface area contributed by atoms with Crippen molar-refractivity contribution in [1.82, 2.24) is 0 Å². The summed E-state index contributed by atoms with van der Waals surface area (Å²) >= 11 is 0. The summed E-state index contributed by atoms with van der Waals surface area (Å²) in [5.74, 6) is -0.825. The number of hydrogen-bond donors (Lipinski definition) is 2. The maximum atomic E-state index is 13.0. The lowest BCUT2D eigenvalue weighted by Gasteiger charge is -2.10. The lowest BCUT2D eigenvalue weighted by Crippen LogP contribution is -2.31. The van der Waals surface area contributed by atoms with Crippen LogP contribution in [0.15, 0.2) is 36.4 Å². The third kappa shape index (κ3) is 3.56. The number of ether oxygens (including phenoxy) is 1. The first-order chi connectivity index (χ1) is 9.45. The van der Waals surface area contributed by atoms with Crippen molar-refractivity contribution in [2.75, 3.05) is 0 Å². The van der Waals surface area contributed by atoms with Crippen LogP contribution in [-0.4, -0.2) is 17.2 Å². The molecule has 0 bridgehead atoms. The average Bonchev–Trinajstić information content (AvgIpc) is 2.35. The highest BCUT2D eigenvalue weighted by molar-refractivity contribution is 6.59. The molecule has 2 rings (SSSR count). The second-order valence-electron chi connectivity index (χ2n) is 4.46. The van der Waals surface area contributed by atoms with E-state index >= 15 is 0 Å². The molecular formula is C14H13BF2O3. The fraction of sp³-hybridized carbons (Fsp3) is 0.143. The van der Waals surface area contributed by atoms with Crippen LogP contribution in [0.2, 0.25) is 0 Å². The van der Waals surface area contributed by atoms with Crippen molar-refractivity contribution in [3.63, 3.8) is 0 Å². The van der Waals surface area contributed by atoms with Gasteiger partial charge >= 0.3 is 7.12 Å². The van der Waals surface area contributed by atoms with Crippen molar-refractivity contribution in [3.8, 4) is 5.75 Å². The van der Waals surface area contributed by atoms with Gasteiger partial charge in [-0.3, -0.25) is 0 Å². The van der Waals surface area contributed by atoms with Gasteiger partial charge in [0.15, 0.2) is 0 Å². The van der Waals surface area contributed by atoms with E-state index in [2.05, 4.69) is 0 Å². The molecule has 0 radical (unpaired) electrons. The van der Waals surface area contributed by atoms with Crippen LogP contribution < -0.4 is 10.2 Å². The summed E-state index contributed by atoms with van der Waals surface area (Å²) in [7, 11) is -1.54. The smallest absolute Gasteiger partial charge is 0.488 e. The van der Waals surface area contributed by atoms with Crippen LogP contribution in [-0.2, 0) is 6.61 Å². The highest BCUT2D eigenvalue weighted by Gasteiger charge is 2.14. The largest absolute Gasteiger partial charge is 0.489 e. The summed E-state index contributed by atoms with van der Waals surface area (Å²) in [4.78, 5) is 0. The van der Waals surface area contributed by atoms with Crippen molar-refractivity contribution in [2.24, 2.45) is 0 Å². The fourth-order valence-electron chi connectivity index (χ4n) is 1.89. The molecule has 0 amide bonds. The SMILES string of the molecule is Cc1cc(OCc2cc(F)cc(F)c2)ccc1B(O)O. The standard InChI is InChI=1S/C14H13BF2O3/c1-9-4-13(2-3-14(9)15(18)19)20-8-10-5-11(16)7-12(17)6-10/h2-7,18-19H,8H2,1H3. The first-order valence-corrected chi connectivity index (χ1v) is 6.00. The van der Waals surface area contributed by atoms with E-state index in [-0.39, 0.29) is 6.61 Å². The van der Waals surface area contributed by atoms with Gasteiger partial charge in [-0.25, -0.2) is 8.78 Å². The summed E-state index contributed by atoms with van der Waals surface area (Å²) < 4.78 is 31.4. The van der Waals surface area contributed by atoms with Crippen LogP contribution >= 0.6 is 0 Å². The second kappa shape index (κ2) is 6.03. The van der Waals surface area contributed by atoms with E-state index in [9.17, 15) is 8.78 Å². The molecule has 0 aliphatic heterocycles. The van der Waals surface area contributed by atoms with Gasteiger partial charge in [-0.15, -0.1) is 0 Å². The Morgan fingerprint density at radius 3 is 2.25 bits per heavy atom. The maximum Gasteiger partial charge on any atom is 0.488 e. The number of aryl methyl sites for hydroxylation is 1. The van der Waals surface area contributed by atoms with E-state index < -0.39 is 18.8 Å². The molecule has 0 atom stereocenters. The highest BCUT2D eigenvalue weighted by atomic mass is 19.1. The highest BCUT2D eigenvalue weighted by Crippen LogP contribution is 2.15. The third-order valence-electron chi connectivity index (χ3n) is 2.85. The number of halogens is 2. The third-order valence-corrected chi connectivity index (χ3v) is 2.85. The van der Waals surface area contributed by atoms with Gasteiger partial charge in [0.2, 0.25) is 0 Å². The van der Waals surface area contributed by atoms with Crippen LogP contribution in [0.4, 0.5) is 8.78 Å². The van der Waals surface area contributed by atoms with Gasteiger partial charge in [0, 0.05) is 6.07 Å². The van der Waals surface area contributed by atoms with Gasteiger partial charge in [-0.05, 0) is 47.8 Å². The second-order valence-corrected chi connectivity index (χ2v) is 4.46. The molecule has 6 heteroatoms. The molecule has 0 aliphatic rings. The molecule has 0 spiro atoms. The minimum atomic E-state index is -1.54. The summed E-state index contributed by atoms with van der Waals surface area (Å²) in [6.07, 6.45) is 0. The van der Waals surface area contributed by atoms with Crippen LogP contribution in [0.1, 0.15) is 11.1 Å². The maximum absolute atomic E-state index is 13.0. The van der Waals surface area contributed by atoms with Crippen molar-refractivity contribution >= 4 is 12.6 Å². The summed E-state index contributed by atoms with van der Waals surface area (Å²) in [5.41, 5.74) is 1.42. The first kappa shape index (κ1) is 14.5. The Labute approximate surface area is 115 Å². The van der Waals surface area contributed by atoms with E-state index in [1.165, 1.54) is 18.2 Å². The molecule has 0 saturated heterocycles. The zero-order valence-electron chi connectivity index (χ0n) is 10.8. The van der Waals surface area contributed by atoms with Crippen LogP contribution in [0, 0.1) is 18.6 Å². The monoisotopic (exact) mass is 278 g/mol. The summed E-state index contributed by atoms with van der Waals surface area (Å²) in [6.45, 7) is 1.73. The Kier molecular flexibility index (Phi) is 4.37. The van der Waals surface area contributed by atoms with E-state index in [0.717, 1.165) is 6.07 Å². The van der Waals surface area contributed by atoms with Gasteiger partial charge in [0.1, 0.15) is 24.0 Å². The predicted molar refractivity (Wildman–Crippen MR) is 71.7 cm³/mol. The molecule has 0 heterocycles. The molecule has 0 fully saturated rings. The summed E-state index contributed by atoms with van der Waals surface area (Å²) in [5, 5.41) is 18.2. The molecule has 104 valence electrons. The molecule has 0 saturated carbocycles.